The second-order valence-corrected chi connectivity index (χ2v) is 3.61. The maximum atomic E-state index is 4.41. The molecular weight excluding hydrogens is 174 g/mol. The van der Waals surface area contributed by atoms with Crippen LogP contribution in [0.5, 0.6) is 0 Å². The monoisotopic (exact) mass is 189 g/mol. The first-order valence-electron chi connectivity index (χ1n) is 4.81. The Labute approximate surface area is 84.5 Å². The average molecular weight is 189 g/mol. The Hall–Kier alpha value is -1.35. The van der Waals surface area contributed by atoms with Gasteiger partial charge >= 0.3 is 0 Å². The molecule has 0 aliphatic carbocycles. The smallest absolute Gasteiger partial charge is 0.0673 e. The van der Waals surface area contributed by atoms with Gasteiger partial charge in [-0.25, -0.2) is 0 Å². The SMILES string of the molecule is CNc1ccc(C2=CCN(C)C2)nc1. The van der Waals surface area contributed by atoms with Gasteiger partial charge in [0, 0.05) is 20.1 Å². The molecule has 1 aliphatic rings. The standard InChI is InChI=1S/C11H15N3/c1-12-10-3-4-11(13-7-10)9-5-6-14(2)8-9/h3-5,7,12H,6,8H2,1-2H3. The number of hydrogen-bond donors (Lipinski definition) is 1. The fourth-order valence-electron chi connectivity index (χ4n) is 1.60. The van der Waals surface area contributed by atoms with Crippen LogP contribution in [0.15, 0.2) is 24.4 Å². The molecular formula is C11H15N3. The van der Waals surface area contributed by atoms with E-state index in [-0.39, 0.29) is 0 Å². The molecule has 14 heavy (non-hydrogen) atoms. The molecule has 0 amide bonds. The van der Waals surface area contributed by atoms with Crippen molar-refractivity contribution >= 4 is 11.3 Å². The van der Waals surface area contributed by atoms with Gasteiger partial charge in [-0.3, -0.25) is 9.88 Å². The number of likely N-dealkylation sites (N-methyl/N-ethyl adjacent to an activating group) is 1. The lowest BCUT2D eigenvalue weighted by molar-refractivity contribution is 0.438. The summed E-state index contributed by atoms with van der Waals surface area (Å²) in [5.74, 6) is 0. The van der Waals surface area contributed by atoms with Crippen molar-refractivity contribution in [1.82, 2.24) is 9.88 Å². The van der Waals surface area contributed by atoms with Crippen molar-refractivity contribution in [2.75, 3.05) is 32.5 Å². The van der Waals surface area contributed by atoms with E-state index < -0.39 is 0 Å². The highest BCUT2D eigenvalue weighted by atomic mass is 15.1. The molecule has 1 aliphatic heterocycles. The lowest BCUT2D eigenvalue weighted by Gasteiger charge is -2.07. The third-order valence-corrected chi connectivity index (χ3v) is 2.47. The molecule has 0 atom stereocenters. The molecule has 74 valence electrons. The highest BCUT2D eigenvalue weighted by molar-refractivity contribution is 5.66. The summed E-state index contributed by atoms with van der Waals surface area (Å²) in [6, 6.07) is 4.12. The van der Waals surface area contributed by atoms with E-state index in [4.69, 9.17) is 0 Å². The van der Waals surface area contributed by atoms with Crippen molar-refractivity contribution in [1.29, 1.82) is 0 Å². The second-order valence-electron chi connectivity index (χ2n) is 3.61. The van der Waals surface area contributed by atoms with Crippen LogP contribution in [-0.4, -0.2) is 37.1 Å². The Morgan fingerprint density at radius 3 is 2.79 bits per heavy atom. The molecule has 2 rings (SSSR count). The summed E-state index contributed by atoms with van der Waals surface area (Å²) >= 11 is 0. The Balaban J connectivity index is 2.17. The van der Waals surface area contributed by atoms with E-state index in [9.17, 15) is 0 Å². The number of anilines is 1. The summed E-state index contributed by atoms with van der Waals surface area (Å²) < 4.78 is 0. The lowest BCUT2D eigenvalue weighted by Crippen LogP contribution is -2.13. The van der Waals surface area contributed by atoms with Gasteiger partial charge in [0.2, 0.25) is 0 Å². The minimum atomic E-state index is 1.01. The fourth-order valence-corrected chi connectivity index (χ4v) is 1.60. The zero-order valence-corrected chi connectivity index (χ0v) is 8.62. The number of nitrogens with zero attached hydrogens (tertiary/aromatic N) is 2. The summed E-state index contributed by atoms with van der Waals surface area (Å²) in [4.78, 5) is 6.68. The summed E-state index contributed by atoms with van der Waals surface area (Å²) in [6.07, 6.45) is 4.11. The van der Waals surface area contributed by atoms with Crippen molar-refractivity contribution in [3.8, 4) is 0 Å². The zero-order valence-electron chi connectivity index (χ0n) is 8.62. The zero-order chi connectivity index (χ0) is 9.97. The summed E-state index contributed by atoms with van der Waals surface area (Å²) in [7, 11) is 4.02. The topological polar surface area (TPSA) is 28.2 Å². The van der Waals surface area contributed by atoms with Crippen LogP contribution in [0.4, 0.5) is 5.69 Å². The first kappa shape index (κ1) is 9.21. The molecule has 0 radical (unpaired) electrons. The van der Waals surface area contributed by atoms with Crippen molar-refractivity contribution in [2.24, 2.45) is 0 Å². The van der Waals surface area contributed by atoms with E-state index in [0.29, 0.717) is 0 Å². The molecule has 0 spiro atoms. The van der Waals surface area contributed by atoms with Gasteiger partial charge in [0.1, 0.15) is 0 Å². The van der Waals surface area contributed by atoms with Crippen LogP contribution in [0.25, 0.3) is 5.57 Å². The van der Waals surface area contributed by atoms with Gasteiger partial charge < -0.3 is 5.32 Å². The molecule has 2 heterocycles. The van der Waals surface area contributed by atoms with Gasteiger partial charge in [-0.2, -0.15) is 0 Å². The first-order chi connectivity index (χ1) is 6.79. The Kier molecular flexibility index (Phi) is 2.50. The minimum Gasteiger partial charge on any atom is -0.387 e. The molecule has 3 nitrogen and oxygen atoms in total. The van der Waals surface area contributed by atoms with Gasteiger partial charge in [0.05, 0.1) is 17.6 Å². The van der Waals surface area contributed by atoms with Crippen LogP contribution < -0.4 is 5.32 Å². The molecule has 0 fully saturated rings. The van der Waals surface area contributed by atoms with Gasteiger partial charge in [-0.05, 0) is 24.8 Å². The van der Waals surface area contributed by atoms with E-state index in [1.165, 1.54) is 5.57 Å². The van der Waals surface area contributed by atoms with Crippen LogP contribution in [0.1, 0.15) is 5.69 Å². The van der Waals surface area contributed by atoms with Crippen LogP contribution >= 0.6 is 0 Å². The molecule has 1 N–H and O–H groups in total. The maximum Gasteiger partial charge on any atom is 0.0673 e. The highest BCUT2D eigenvalue weighted by Gasteiger charge is 2.11. The maximum absolute atomic E-state index is 4.41. The predicted octanol–water partition coefficient (Wildman–Crippen LogP) is 1.45. The molecule has 0 saturated heterocycles. The number of nitrogens with one attached hydrogen (secondary N) is 1. The van der Waals surface area contributed by atoms with Gasteiger partial charge in [0.25, 0.3) is 0 Å². The molecule has 1 aromatic rings. The van der Waals surface area contributed by atoms with E-state index in [1.807, 2.05) is 13.2 Å². The van der Waals surface area contributed by atoms with Crippen LogP contribution in [0.2, 0.25) is 0 Å². The minimum absolute atomic E-state index is 1.01. The third-order valence-electron chi connectivity index (χ3n) is 2.47. The van der Waals surface area contributed by atoms with Crippen molar-refractivity contribution in [3.05, 3.63) is 30.1 Å². The van der Waals surface area contributed by atoms with Crippen molar-refractivity contribution in [3.63, 3.8) is 0 Å². The average Bonchev–Trinajstić information content (AvgIpc) is 2.65. The quantitative estimate of drug-likeness (QED) is 0.763. The fraction of sp³-hybridized carbons (Fsp3) is 0.364. The van der Waals surface area contributed by atoms with E-state index in [2.05, 4.69) is 40.5 Å². The van der Waals surface area contributed by atoms with Crippen LogP contribution in [0.3, 0.4) is 0 Å². The molecule has 0 bridgehead atoms. The molecule has 0 saturated carbocycles. The second kappa shape index (κ2) is 3.80. The van der Waals surface area contributed by atoms with Crippen LogP contribution in [-0.2, 0) is 0 Å². The molecule has 1 aromatic heterocycles. The number of hydrogen-bond acceptors (Lipinski definition) is 3. The van der Waals surface area contributed by atoms with Crippen molar-refractivity contribution < 1.29 is 0 Å². The van der Waals surface area contributed by atoms with Crippen LogP contribution in [0, 0.1) is 0 Å². The Morgan fingerprint density at radius 2 is 2.29 bits per heavy atom. The number of rotatable bonds is 2. The Bertz CT molecular complexity index is 340. The highest BCUT2D eigenvalue weighted by Crippen LogP contribution is 2.18. The number of aromatic nitrogens is 1. The molecule has 0 aromatic carbocycles. The lowest BCUT2D eigenvalue weighted by atomic mass is 10.2. The largest absolute Gasteiger partial charge is 0.387 e. The van der Waals surface area contributed by atoms with E-state index in [0.717, 1.165) is 24.5 Å². The normalized spacial score (nSPS) is 16.9. The van der Waals surface area contributed by atoms with Gasteiger partial charge in [-0.1, -0.05) is 6.08 Å². The molecule has 0 unspecified atom stereocenters. The summed E-state index contributed by atoms with van der Waals surface area (Å²) in [5, 5.41) is 3.06. The van der Waals surface area contributed by atoms with Crippen molar-refractivity contribution in [2.45, 2.75) is 0 Å². The van der Waals surface area contributed by atoms with Gasteiger partial charge in [-0.15, -0.1) is 0 Å². The predicted molar refractivity (Wildman–Crippen MR) is 59.3 cm³/mol. The first-order valence-corrected chi connectivity index (χ1v) is 4.81. The van der Waals surface area contributed by atoms with Gasteiger partial charge in [0.15, 0.2) is 0 Å². The number of pyridine rings is 1. The Morgan fingerprint density at radius 1 is 1.43 bits per heavy atom. The summed E-state index contributed by atoms with van der Waals surface area (Å²) in [5.41, 5.74) is 3.48. The van der Waals surface area contributed by atoms with E-state index in [1.54, 1.807) is 0 Å². The summed E-state index contributed by atoms with van der Waals surface area (Å²) in [6.45, 7) is 2.04. The van der Waals surface area contributed by atoms with E-state index >= 15 is 0 Å². The molecule has 3 heteroatoms. The third kappa shape index (κ3) is 1.77.